The van der Waals surface area contributed by atoms with E-state index in [1.165, 1.54) is 36.3 Å². The third kappa shape index (κ3) is 5.97. The molecule has 35 heavy (non-hydrogen) atoms. The average molecular weight is 495 g/mol. The van der Waals surface area contributed by atoms with E-state index in [2.05, 4.69) is 15.3 Å². The van der Waals surface area contributed by atoms with Crippen molar-refractivity contribution in [3.05, 3.63) is 70.4 Å². The number of benzene rings is 1. The number of amides is 2. The van der Waals surface area contributed by atoms with Gasteiger partial charge in [0.25, 0.3) is 5.91 Å². The topological polar surface area (TPSA) is 93.7 Å². The molecule has 3 aromatic rings. The molecular formula is C26H30N4O4S. The van der Waals surface area contributed by atoms with Crippen molar-refractivity contribution in [3.63, 3.8) is 0 Å². The summed E-state index contributed by atoms with van der Waals surface area (Å²) in [6, 6.07) is 8.39. The van der Waals surface area contributed by atoms with Gasteiger partial charge in [-0.25, -0.2) is 4.98 Å². The molecule has 0 saturated heterocycles. The maximum atomic E-state index is 13.9. The van der Waals surface area contributed by atoms with Gasteiger partial charge in [-0.2, -0.15) is 0 Å². The molecular weight excluding hydrogens is 464 g/mol. The van der Waals surface area contributed by atoms with E-state index in [0.29, 0.717) is 17.1 Å². The molecule has 0 aliphatic heterocycles. The Kier molecular flexibility index (Phi) is 8.31. The first-order chi connectivity index (χ1) is 17.1. The molecule has 1 aliphatic rings. The maximum Gasteiger partial charge on any atom is 0.275 e. The molecule has 9 heteroatoms. The zero-order chi connectivity index (χ0) is 24.6. The van der Waals surface area contributed by atoms with Gasteiger partial charge >= 0.3 is 0 Å². The largest absolute Gasteiger partial charge is 0.493 e. The van der Waals surface area contributed by atoms with Crippen molar-refractivity contribution in [2.24, 2.45) is 0 Å². The van der Waals surface area contributed by atoms with E-state index in [9.17, 15) is 9.59 Å². The van der Waals surface area contributed by atoms with Crippen LogP contribution in [-0.2, 0) is 11.3 Å². The number of carbonyl (C=O) groups excluding carboxylic acids is 2. The number of nitrogens with one attached hydrogen (secondary N) is 1. The van der Waals surface area contributed by atoms with Crippen LogP contribution in [-0.4, -0.2) is 46.9 Å². The van der Waals surface area contributed by atoms with E-state index in [1.54, 1.807) is 37.3 Å². The fourth-order valence-corrected chi connectivity index (χ4v) is 5.13. The Labute approximate surface area is 209 Å². The number of aromatic nitrogens is 2. The van der Waals surface area contributed by atoms with Crippen LogP contribution in [0.5, 0.6) is 11.5 Å². The maximum absolute atomic E-state index is 13.9. The van der Waals surface area contributed by atoms with E-state index < -0.39 is 6.04 Å². The molecule has 0 bridgehead atoms. The lowest BCUT2D eigenvalue weighted by Gasteiger charge is -2.33. The molecule has 1 N–H and O–H groups in total. The van der Waals surface area contributed by atoms with Crippen molar-refractivity contribution in [3.8, 4) is 11.5 Å². The lowest BCUT2D eigenvalue weighted by Crippen LogP contribution is -2.47. The molecule has 1 aliphatic carbocycles. The molecule has 2 amide bonds. The minimum Gasteiger partial charge on any atom is -0.493 e. The van der Waals surface area contributed by atoms with Crippen molar-refractivity contribution in [2.75, 3.05) is 14.2 Å². The molecule has 0 spiro atoms. The minimum atomic E-state index is -0.895. The number of nitrogens with zero attached hydrogens (tertiary/aromatic N) is 3. The second-order valence-electron chi connectivity index (χ2n) is 8.46. The molecule has 1 aromatic carbocycles. The number of carbonyl (C=O) groups is 2. The van der Waals surface area contributed by atoms with Crippen LogP contribution in [0.3, 0.4) is 0 Å². The highest BCUT2D eigenvalue weighted by Crippen LogP contribution is 2.34. The van der Waals surface area contributed by atoms with Crippen LogP contribution in [0.2, 0.25) is 0 Å². The Morgan fingerprint density at radius 3 is 2.57 bits per heavy atom. The summed E-state index contributed by atoms with van der Waals surface area (Å²) in [5, 5.41) is 5.16. The smallest absolute Gasteiger partial charge is 0.275 e. The van der Waals surface area contributed by atoms with E-state index in [4.69, 9.17) is 9.47 Å². The van der Waals surface area contributed by atoms with Gasteiger partial charge in [-0.3, -0.25) is 14.6 Å². The van der Waals surface area contributed by atoms with Crippen LogP contribution < -0.4 is 14.8 Å². The summed E-state index contributed by atoms with van der Waals surface area (Å²) in [6.45, 7) is 0.254. The Morgan fingerprint density at radius 2 is 1.91 bits per heavy atom. The van der Waals surface area contributed by atoms with Gasteiger partial charge in [0.15, 0.2) is 11.5 Å². The Hall–Kier alpha value is -3.46. The fraction of sp³-hybridized carbons (Fsp3) is 0.385. The Balaban J connectivity index is 1.77. The lowest BCUT2D eigenvalue weighted by atomic mass is 9.94. The minimum absolute atomic E-state index is 0.0918. The van der Waals surface area contributed by atoms with Gasteiger partial charge in [0.05, 0.1) is 27.0 Å². The molecule has 1 atom stereocenters. The van der Waals surface area contributed by atoms with Gasteiger partial charge in [-0.05, 0) is 42.0 Å². The van der Waals surface area contributed by atoms with Gasteiger partial charge in [-0.15, -0.1) is 11.3 Å². The monoisotopic (exact) mass is 494 g/mol. The molecule has 2 heterocycles. The zero-order valence-electron chi connectivity index (χ0n) is 20.0. The first-order valence-electron chi connectivity index (χ1n) is 11.7. The fourth-order valence-electron chi connectivity index (χ4n) is 4.43. The Bertz CT molecular complexity index is 1120. The summed E-state index contributed by atoms with van der Waals surface area (Å²) >= 11 is 1.53. The summed E-state index contributed by atoms with van der Waals surface area (Å²) < 4.78 is 10.9. The normalized spacial score (nSPS) is 14.7. The van der Waals surface area contributed by atoms with Gasteiger partial charge in [0.2, 0.25) is 5.91 Å². The molecule has 0 unspecified atom stereocenters. The molecule has 184 valence electrons. The zero-order valence-corrected chi connectivity index (χ0v) is 20.8. The summed E-state index contributed by atoms with van der Waals surface area (Å²) in [5.74, 6) is 0.444. The van der Waals surface area contributed by atoms with E-state index in [0.717, 1.165) is 30.6 Å². The highest BCUT2D eigenvalue weighted by molar-refractivity contribution is 7.09. The quantitative estimate of drug-likeness (QED) is 0.474. The van der Waals surface area contributed by atoms with Crippen LogP contribution in [0.4, 0.5) is 0 Å². The van der Waals surface area contributed by atoms with Gasteiger partial charge in [0.1, 0.15) is 11.7 Å². The third-order valence-corrected chi connectivity index (χ3v) is 7.05. The van der Waals surface area contributed by atoms with Crippen LogP contribution in [0.15, 0.2) is 54.3 Å². The predicted octanol–water partition coefficient (Wildman–Crippen LogP) is 4.39. The van der Waals surface area contributed by atoms with Crippen LogP contribution in [0.1, 0.15) is 59.1 Å². The van der Waals surface area contributed by atoms with Crippen LogP contribution >= 0.6 is 11.3 Å². The highest BCUT2D eigenvalue weighted by Gasteiger charge is 2.35. The van der Waals surface area contributed by atoms with Gasteiger partial charge < -0.3 is 19.7 Å². The Morgan fingerprint density at radius 1 is 1.11 bits per heavy atom. The number of ether oxygens (including phenoxy) is 2. The first-order valence-corrected chi connectivity index (χ1v) is 12.6. The average Bonchev–Trinajstić information content (AvgIpc) is 3.42. The standard InChI is InChI=1S/C26H30N4O4S/c1-33-22-11-10-18(15-23(22)34-2)24(25(31)29-19-7-4-3-5-8-19)30(17-20-9-6-14-35-20)26(32)21-16-27-12-13-28-21/h6,9-16,19,24H,3-5,7-8,17H2,1-2H3,(H,29,31)/t24-/m1/s1. The predicted molar refractivity (Wildman–Crippen MR) is 134 cm³/mol. The molecule has 0 radical (unpaired) electrons. The van der Waals surface area contributed by atoms with Crippen molar-refractivity contribution < 1.29 is 19.1 Å². The number of rotatable bonds is 9. The molecule has 4 rings (SSSR count). The second kappa shape index (κ2) is 11.8. The summed E-state index contributed by atoms with van der Waals surface area (Å²) in [4.78, 5) is 38.4. The second-order valence-corrected chi connectivity index (χ2v) is 9.50. The van der Waals surface area contributed by atoms with Crippen LogP contribution in [0.25, 0.3) is 0 Å². The number of thiophene rings is 1. The molecule has 1 fully saturated rings. The van der Waals surface area contributed by atoms with Crippen LogP contribution in [0, 0.1) is 0 Å². The highest BCUT2D eigenvalue weighted by atomic mass is 32.1. The number of hydrogen-bond donors (Lipinski definition) is 1. The van der Waals surface area contributed by atoms with Crippen molar-refractivity contribution in [2.45, 2.75) is 50.7 Å². The SMILES string of the molecule is COc1ccc([C@H](C(=O)NC2CCCCC2)N(Cc2cccs2)C(=O)c2cnccn2)cc1OC. The van der Waals surface area contributed by atoms with Crippen molar-refractivity contribution >= 4 is 23.2 Å². The first kappa shape index (κ1) is 24.7. The third-order valence-electron chi connectivity index (χ3n) is 6.18. The van der Waals surface area contributed by atoms with E-state index in [1.807, 2.05) is 17.5 Å². The summed E-state index contributed by atoms with van der Waals surface area (Å²) in [7, 11) is 3.11. The lowest BCUT2D eigenvalue weighted by molar-refractivity contribution is -0.127. The number of hydrogen-bond acceptors (Lipinski definition) is 7. The van der Waals surface area contributed by atoms with Gasteiger partial charge in [-0.1, -0.05) is 31.4 Å². The molecule has 1 saturated carbocycles. The van der Waals surface area contributed by atoms with Crippen molar-refractivity contribution in [1.82, 2.24) is 20.2 Å². The summed E-state index contributed by atoms with van der Waals surface area (Å²) in [5.41, 5.74) is 0.810. The molecule has 2 aromatic heterocycles. The van der Waals surface area contributed by atoms with E-state index >= 15 is 0 Å². The van der Waals surface area contributed by atoms with E-state index in [-0.39, 0.29) is 30.1 Å². The molecule has 8 nitrogen and oxygen atoms in total. The van der Waals surface area contributed by atoms with Crippen molar-refractivity contribution in [1.29, 1.82) is 0 Å². The van der Waals surface area contributed by atoms with Gasteiger partial charge in [0, 0.05) is 23.3 Å². The summed E-state index contributed by atoms with van der Waals surface area (Å²) in [6.07, 6.45) is 9.65. The number of methoxy groups -OCH3 is 2.